The zero-order chi connectivity index (χ0) is 13.7. The Morgan fingerprint density at radius 3 is 2.74 bits per heavy atom. The number of nitrogens with one attached hydrogen (secondary N) is 1. The summed E-state index contributed by atoms with van der Waals surface area (Å²) >= 11 is 0. The molecule has 0 saturated heterocycles. The first kappa shape index (κ1) is 13.2. The van der Waals surface area contributed by atoms with E-state index in [1.807, 2.05) is 6.07 Å². The van der Waals surface area contributed by atoms with Gasteiger partial charge in [-0.15, -0.1) is 0 Å². The molecule has 3 rings (SSSR count). The molecule has 1 N–H and O–H groups in total. The predicted octanol–water partition coefficient (Wildman–Crippen LogP) is 4.54. The van der Waals surface area contributed by atoms with Crippen LogP contribution in [0.2, 0.25) is 0 Å². The van der Waals surface area contributed by atoms with Crippen molar-refractivity contribution in [3.8, 4) is 0 Å². The molecular formula is C17H27NO. The summed E-state index contributed by atoms with van der Waals surface area (Å²) < 4.78 is 5.62. The number of hydrogen-bond donors (Lipinski definition) is 1. The van der Waals surface area contributed by atoms with Gasteiger partial charge >= 0.3 is 0 Å². The normalized spacial score (nSPS) is 37.7. The average molecular weight is 261 g/mol. The maximum atomic E-state index is 5.62. The first-order chi connectivity index (χ1) is 8.97. The topological polar surface area (TPSA) is 25.2 Å². The molecule has 0 aromatic carbocycles. The largest absolute Gasteiger partial charge is 0.468 e. The lowest BCUT2D eigenvalue weighted by molar-refractivity contribution is 0.0945. The van der Waals surface area contributed by atoms with Crippen LogP contribution in [0.25, 0.3) is 0 Å². The highest BCUT2D eigenvalue weighted by Gasteiger charge is 2.59. The van der Waals surface area contributed by atoms with Gasteiger partial charge in [0.15, 0.2) is 0 Å². The molecule has 2 saturated carbocycles. The highest BCUT2D eigenvalue weighted by Crippen LogP contribution is 2.62. The molecule has 4 atom stereocenters. The van der Waals surface area contributed by atoms with Crippen LogP contribution in [-0.2, 0) is 0 Å². The molecule has 0 aliphatic heterocycles. The molecule has 2 heteroatoms. The summed E-state index contributed by atoms with van der Waals surface area (Å²) in [6.07, 6.45) is 7.06. The lowest BCUT2D eigenvalue weighted by Gasteiger charge is -2.44. The molecule has 1 heterocycles. The third-order valence-electron chi connectivity index (χ3n) is 5.93. The quantitative estimate of drug-likeness (QED) is 0.861. The summed E-state index contributed by atoms with van der Waals surface area (Å²) in [6, 6.07) is 5.06. The third kappa shape index (κ3) is 1.96. The van der Waals surface area contributed by atoms with E-state index in [0.29, 0.717) is 22.9 Å². The van der Waals surface area contributed by atoms with Crippen molar-refractivity contribution < 1.29 is 4.42 Å². The second-order valence-corrected chi connectivity index (χ2v) is 7.49. The summed E-state index contributed by atoms with van der Waals surface area (Å²) in [4.78, 5) is 0. The number of furan rings is 1. The van der Waals surface area contributed by atoms with Gasteiger partial charge in [-0.1, -0.05) is 27.7 Å². The number of rotatable bonds is 4. The van der Waals surface area contributed by atoms with Crippen LogP contribution in [-0.4, -0.2) is 6.04 Å². The summed E-state index contributed by atoms with van der Waals surface area (Å²) in [6.45, 7) is 9.63. The van der Waals surface area contributed by atoms with Crippen LogP contribution in [0.4, 0.5) is 0 Å². The molecule has 0 radical (unpaired) electrons. The van der Waals surface area contributed by atoms with E-state index in [0.717, 1.165) is 18.1 Å². The molecule has 2 aliphatic carbocycles. The Morgan fingerprint density at radius 2 is 2.21 bits per heavy atom. The van der Waals surface area contributed by atoms with E-state index in [9.17, 15) is 0 Å². The molecule has 1 aromatic rings. The molecule has 0 amide bonds. The van der Waals surface area contributed by atoms with E-state index >= 15 is 0 Å². The zero-order valence-corrected chi connectivity index (χ0v) is 12.7. The van der Waals surface area contributed by atoms with Crippen molar-refractivity contribution in [2.24, 2.45) is 16.7 Å². The van der Waals surface area contributed by atoms with Crippen molar-refractivity contribution in [3.63, 3.8) is 0 Å². The zero-order valence-electron chi connectivity index (χ0n) is 12.7. The minimum absolute atomic E-state index is 0.357. The highest BCUT2D eigenvalue weighted by atomic mass is 16.3. The van der Waals surface area contributed by atoms with Gasteiger partial charge in [0.25, 0.3) is 0 Å². The Labute approximate surface area is 117 Å². The Morgan fingerprint density at radius 1 is 1.42 bits per heavy atom. The Balaban J connectivity index is 1.82. The fourth-order valence-corrected chi connectivity index (χ4v) is 4.81. The van der Waals surface area contributed by atoms with Crippen LogP contribution in [0.5, 0.6) is 0 Å². The van der Waals surface area contributed by atoms with E-state index in [2.05, 4.69) is 39.1 Å². The van der Waals surface area contributed by atoms with Crippen LogP contribution in [0.1, 0.15) is 65.2 Å². The Hall–Kier alpha value is -0.760. The minimum Gasteiger partial charge on any atom is -0.468 e. The van der Waals surface area contributed by atoms with Gasteiger partial charge in [0.2, 0.25) is 0 Å². The van der Waals surface area contributed by atoms with Crippen molar-refractivity contribution in [1.29, 1.82) is 0 Å². The highest BCUT2D eigenvalue weighted by molar-refractivity contribution is 5.14. The maximum absolute atomic E-state index is 5.62. The lowest BCUT2D eigenvalue weighted by Crippen LogP contribution is -2.51. The van der Waals surface area contributed by atoms with Crippen LogP contribution >= 0.6 is 0 Å². The fourth-order valence-electron chi connectivity index (χ4n) is 4.81. The molecule has 2 nitrogen and oxygen atoms in total. The van der Waals surface area contributed by atoms with Gasteiger partial charge in [-0.3, -0.25) is 0 Å². The first-order valence-corrected chi connectivity index (χ1v) is 7.77. The maximum Gasteiger partial charge on any atom is 0.120 e. The van der Waals surface area contributed by atoms with Gasteiger partial charge in [0, 0.05) is 6.04 Å². The van der Waals surface area contributed by atoms with Gasteiger partial charge in [-0.05, 0) is 54.6 Å². The minimum atomic E-state index is 0.357. The lowest BCUT2D eigenvalue weighted by atomic mass is 9.68. The number of fused-ring (bicyclic) bond motifs is 2. The van der Waals surface area contributed by atoms with Crippen LogP contribution in [0.3, 0.4) is 0 Å². The molecule has 0 spiro atoms. The van der Waals surface area contributed by atoms with Crippen molar-refractivity contribution in [3.05, 3.63) is 24.2 Å². The molecule has 106 valence electrons. The van der Waals surface area contributed by atoms with E-state index < -0.39 is 0 Å². The van der Waals surface area contributed by atoms with Gasteiger partial charge in [0.05, 0.1) is 12.3 Å². The van der Waals surface area contributed by atoms with Crippen molar-refractivity contribution >= 4 is 0 Å². The summed E-state index contributed by atoms with van der Waals surface area (Å²) in [5, 5.41) is 3.94. The SMILES string of the molecule is CCC(NC1C2(C)CCC(C2)C1(C)C)c1ccco1. The fraction of sp³-hybridized carbons (Fsp3) is 0.765. The van der Waals surface area contributed by atoms with Gasteiger partial charge in [0.1, 0.15) is 5.76 Å². The average Bonchev–Trinajstić information content (AvgIpc) is 3.02. The first-order valence-electron chi connectivity index (χ1n) is 7.77. The van der Waals surface area contributed by atoms with E-state index in [1.54, 1.807) is 6.26 Å². The Bertz CT molecular complexity index is 431. The summed E-state index contributed by atoms with van der Waals surface area (Å²) in [5.41, 5.74) is 0.890. The molecule has 4 unspecified atom stereocenters. The smallest absolute Gasteiger partial charge is 0.120 e. The van der Waals surface area contributed by atoms with Gasteiger partial charge in [-0.2, -0.15) is 0 Å². The molecule has 1 aromatic heterocycles. The van der Waals surface area contributed by atoms with Gasteiger partial charge < -0.3 is 9.73 Å². The molecule has 19 heavy (non-hydrogen) atoms. The van der Waals surface area contributed by atoms with Crippen molar-refractivity contribution in [2.75, 3.05) is 0 Å². The summed E-state index contributed by atoms with van der Waals surface area (Å²) in [7, 11) is 0. The standard InChI is InChI=1S/C17H27NO/c1-5-13(14-7-6-10-19-14)18-15-16(2,3)12-8-9-17(15,4)11-12/h6-7,10,12-13,15,18H,5,8-9,11H2,1-4H3. The van der Waals surface area contributed by atoms with Gasteiger partial charge in [-0.25, -0.2) is 0 Å². The second-order valence-electron chi connectivity index (χ2n) is 7.49. The molecule has 2 aliphatic rings. The van der Waals surface area contributed by atoms with Crippen LogP contribution in [0, 0.1) is 16.7 Å². The number of hydrogen-bond acceptors (Lipinski definition) is 2. The van der Waals surface area contributed by atoms with E-state index in [4.69, 9.17) is 4.42 Å². The van der Waals surface area contributed by atoms with E-state index in [1.165, 1.54) is 19.3 Å². The van der Waals surface area contributed by atoms with E-state index in [-0.39, 0.29) is 0 Å². The van der Waals surface area contributed by atoms with Crippen molar-refractivity contribution in [2.45, 2.75) is 65.5 Å². The summed E-state index contributed by atoms with van der Waals surface area (Å²) in [5.74, 6) is 1.98. The van der Waals surface area contributed by atoms with Crippen LogP contribution in [0.15, 0.2) is 22.8 Å². The Kier molecular flexibility index (Phi) is 3.05. The van der Waals surface area contributed by atoms with Crippen LogP contribution < -0.4 is 5.32 Å². The third-order valence-corrected chi connectivity index (χ3v) is 5.93. The molecular weight excluding hydrogens is 234 g/mol. The monoisotopic (exact) mass is 261 g/mol. The second kappa shape index (κ2) is 4.37. The molecule has 2 bridgehead atoms. The van der Waals surface area contributed by atoms with Crippen molar-refractivity contribution in [1.82, 2.24) is 5.32 Å². The predicted molar refractivity (Wildman–Crippen MR) is 77.9 cm³/mol. The molecule has 2 fully saturated rings.